The third-order valence-electron chi connectivity index (χ3n) is 6.47. The number of aromatic nitrogens is 2. The second-order valence-electron chi connectivity index (χ2n) is 8.75. The van der Waals surface area contributed by atoms with Crippen molar-refractivity contribution in [1.29, 1.82) is 0 Å². The average molecular weight is 449 g/mol. The van der Waals surface area contributed by atoms with Crippen LogP contribution in [0.2, 0.25) is 0 Å². The molecule has 6 rings (SSSR count). The van der Waals surface area contributed by atoms with Gasteiger partial charge in [0.1, 0.15) is 6.61 Å². The number of ether oxygens (including phenoxy) is 4. The lowest BCUT2D eigenvalue weighted by molar-refractivity contribution is -0.159. The van der Waals surface area contributed by atoms with Crippen LogP contribution in [0.4, 0.5) is 0 Å². The molecule has 1 N–H and O–H groups in total. The molecular formula is C24H23N3O6. The van der Waals surface area contributed by atoms with Gasteiger partial charge in [0.05, 0.1) is 29.0 Å². The summed E-state index contributed by atoms with van der Waals surface area (Å²) in [5.74, 6) is 0.853. The molecule has 0 saturated heterocycles. The highest BCUT2D eigenvalue weighted by Crippen LogP contribution is 2.42. The minimum atomic E-state index is -0.923. The number of benzene rings is 1. The van der Waals surface area contributed by atoms with E-state index in [0.29, 0.717) is 41.4 Å². The maximum absolute atomic E-state index is 13.4. The largest absolute Gasteiger partial charge is 0.458 e. The summed E-state index contributed by atoms with van der Waals surface area (Å²) >= 11 is 0. The summed E-state index contributed by atoms with van der Waals surface area (Å²) in [5.41, 5.74) is 5.04. The second kappa shape index (κ2) is 7.29. The van der Waals surface area contributed by atoms with Gasteiger partial charge in [-0.2, -0.15) is 0 Å². The lowest BCUT2D eigenvalue weighted by Gasteiger charge is -2.24. The first kappa shape index (κ1) is 20.2. The molecule has 9 nitrogen and oxygen atoms in total. The fraction of sp³-hybridized carbons (Fsp3) is 0.375. The highest BCUT2D eigenvalue weighted by molar-refractivity contribution is 5.91. The summed E-state index contributed by atoms with van der Waals surface area (Å²) in [4.78, 5) is 30.6. The first-order valence-electron chi connectivity index (χ1n) is 10.9. The van der Waals surface area contributed by atoms with Gasteiger partial charge in [-0.05, 0) is 17.7 Å². The van der Waals surface area contributed by atoms with Crippen molar-refractivity contribution < 1.29 is 23.7 Å². The van der Waals surface area contributed by atoms with Gasteiger partial charge in [0.2, 0.25) is 6.79 Å². The van der Waals surface area contributed by atoms with Crippen molar-refractivity contribution in [2.24, 2.45) is 0 Å². The van der Waals surface area contributed by atoms with E-state index < -0.39 is 12.1 Å². The van der Waals surface area contributed by atoms with Crippen LogP contribution in [0.15, 0.2) is 23.0 Å². The molecule has 0 fully saturated rings. The first-order valence-corrected chi connectivity index (χ1v) is 10.9. The Bertz CT molecular complexity index is 1390. The number of carbonyl (C=O) groups is 1. The molecule has 33 heavy (non-hydrogen) atoms. The normalized spacial score (nSPS) is 17.8. The third-order valence-corrected chi connectivity index (χ3v) is 6.47. The lowest BCUT2D eigenvalue weighted by Crippen LogP contribution is -2.33. The van der Waals surface area contributed by atoms with Gasteiger partial charge in [-0.1, -0.05) is 13.8 Å². The molecule has 170 valence electrons. The smallest absolute Gasteiger partial charge is 0.340 e. The number of hydrogen-bond donors (Lipinski definition) is 1. The molecule has 0 spiro atoms. The Labute approximate surface area is 189 Å². The predicted molar refractivity (Wildman–Crippen MR) is 118 cm³/mol. The van der Waals surface area contributed by atoms with Gasteiger partial charge in [-0.3, -0.25) is 4.79 Å². The number of nitrogens with one attached hydrogen (secondary N) is 1. The Morgan fingerprint density at radius 3 is 2.70 bits per heavy atom. The maximum atomic E-state index is 13.4. The van der Waals surface area contributed by atoms with Crippen molar-refractivity contribution in [3.8, 4) is 22.9 Å². The average Bonchev–Trinajstić information content (AvgIpc) is 3.39. The van der Waals surface area contributed by atoms with Crippen molar-refractivity contribution in [3.05, 3.63) is 50.8 Å². The molecule has 2 aromatic heterocycles. The van der Waals surface area contributed by atoms with Gasteiger partial charge >= 0.3 is 5.97 Å². The molecule has 1 atom stereocenters. The van der Waals surface area contributed by atoms with Gasteiger partial charge in [-0.25, -0.2) is 9.78 Å². The second-order valence-corrected chi connectivity index (χ2v) is 8.75. The van der Waals surface area contributed by atoms with Crippen LogP contribution in [-0.2, 0) is 34.0 Å². The van der Waals surface area contributed by atoms with Crippen molar-refractivity contribution in [3.63, 3.8) is 0 Å². The van der Waals surface area contributed by atoms with E-state index in [4.69, 9.17) is 23.9 Å². The standard InChI is InChI=1S/C24H23N3O6/c1-11(2)25-7-14-12-5-19-20(33-10-32-19)6-17(12)26-21-15(14)8-27-18(21)4-13-16(23(27)28)9-31-24(29)22(13)30-3/h4-6,11,22,25H,7-10H2,1-3H3. The van der Waals surface area contributed by atoms with Gasteiger partial charge < -0.3 is 28.8 Å². The van der Waals surface area contributed by atoms with E-state index in [1.807, 2.05) is 18.2 Å². The third kappa shape index (κ3) is 2.96. The first-order chi connectivity index (χ1) is 16.0. The van der Waals surface area contributed by atoms with Crippen LogP contribution in [-0.4, -0.2) is 35.5 Å². The van der Waals surface area contributed by atoms with Crippen LogP contribution in [0, 0.1) is 0 Å². The van der Waals surface area contributed by atoms with Gasteiger partial charge in [-0.15, -0.1) is 0 Å². The SMILES string of the molecule is COC1C(=O)OCc2c1cc1n(c2=O)Cc2c-1nc1cc3c(cc1c2CNC(C)C)OCO3. The number of pyridine rings is 2. The number of carbonyl (C=O) groups excluding carboxylic acids is 1. The van der Waals surface area contributed by atoms with Gasteiger partial charge in [0.15, 0.2) is 17.6 Å². The summed E-state index contributed by atoms with van der Waals surface area (Å²) in [6.07, 6.45) is -0.923. The zero-order chi connectivity index (χ0) is 22.9. The molecule has 0 amide bonds. The quantitative estimate of drug-likeness (QED) is 0.474. The molecule has 3 aliphatic rings. The number of esters is 1. The molecule has 0 radical (unpaired) electrons. The number of cyclic esters (lactones) is 1. The topological polar surface area (TPSA) is 101 Å². The van der Waals surface area contributed by atoms with Gasteiger partial charge in [0.25, 0.3) is 5.56 Å². The molecule has 0 bridgehead atoms. The molecule has 0 aliphatic carbocycles. The highest BCUT2D eigenvalue weighted by Gasteiger charge is 2.36. The molecular weight excluding hydrogens is 426 g/mol. The zero-order valence-corrected chi connectivity index (χ0v) is 18.6. The lowest BCUT2D eigenvalue weighted by atomic mass is 9.98. The van der Waals surface area contributed by atoms with Crippen LogP contribution in [0.3, 0.4) is 0 Å². The maximum Gasteiger partial charge on any atom is 0.340 e. The van der Waals surface area contributed by atoms with Crippen LogP contribution in [0.5, 0.6) is 11.5 Å². The van der Waals surface area contributed by atoms with E-state index in [1.165, 1.54) is 7.11 Å². The van der Waals surface area contributed by atoms with Gasteiger partial charge in [0, 0.05) is 42.3 Å². The molecule has 3 aliphatic heterocycles. The summed E-state index contributed by atoms with van der Waals surface area (Å²) < 4.78 is 23.4. The Morgan fingerprint density at radius 2 is 1.94 bits per heavy atom. The summed E-state index contributed by atoms with van der Waals surface area (Å²) in [5, 5.41) is 4.46. The Balaban J connectivity index is 1.60. The molecule has 1 unspecified atom stereocenters. The number of rotatable bonds is 4. The summed E-state index contributed by atoms with van der Waals surface area (Å²) in [6, 6.07) is 5.97. The van der Waals surface area contributed by atoms with Crippen LogP contribution < -0.4 is 20.3 Å². The zero-order valence-electron chi connectivity index (χ0n) is 18.6. The molecule has 5 heterocycles. The van der Waals surface area contributed by atoms with Crippen molar-refractivity contribution >= 4 is 16.9 Å². The van der Waals surface area contributed by atoms with E-state index >= 15 is 0 Å². The number of methoxy groups -OCH3 is 1. The minimum absolute atomic E-state index is 0.0535. The highest BCUT2D eigenvalue weighted by atomic mass is 16.7. The monoisotopic (exact) mass is 449 g/mol. The number of fused-ring (bicyclic) bond motifs is 6. The van der Waals surface area contributed by atoms with E-state index in [9.17, 15) is 9.59 Å². The predicted octanol–water partition coefficient (Wildman–Crippen LogP) is 2.40. The Kier molecular flexibility index (Phi) is 4.46. The van der Waals surface area contributed by atoms with Crippen molar-refractivity contribution in [1.82, 2.24) is 14.9 Å². The molecule has 0 saturated carbocycles. The summed E-state index contributed by atoms with van der Waals surface area (Å²) in [6.45, 7) is 5.32. The molecule has 9 heteroatoms. The van der Waals surface area contributed by atoms with E-state index in [1.54, 1.807) is 4.57 Å². The summed E-state index contributed by atoms with van der Waals surface area (Å²) in [7, 11) is 1.43. The van der Waals surface area contributed by atoms with Crippen LogP contribution >= 0.6 is 0 Å². The Hall–Kier alpha value is -3.43. The number of hydrogen-bond acceptors (Lipinski definition) is 8. The minimum Gasteiger partial charge on any atom is -0.458 e. The van der Waals surface area contributed by atoms with E-state index in [0.717, 1.165) is 27.7 Å². The fourth-order valence-corrected chi connectivity index (χ4v) is 4.82. The fourth-order valence-electron chi connectivity index (χ4n) is 4.82. The van der Waals surface area contributed by atoms with Crippen molar-refractivity contribution in [2.45, 2.75) is 45.7 Å². The number of nitrogens with zero attached hydrogens (tertiary/aromatic N) is 2. The van der Waals surface area contributed by atoms with E-state index in [2.05, 4.69) is 19.2 Å². The van der Waals surface area contributed by atoms with E-state index in [-0.39, 0.29) is 25.0 Å². The van der Waals surface area contributed by atoms with Crippen LogP contribution in [0.1, 0.15) is 42.2 Å². The van der Waals surface area contributed by atoms with Crippen molar-refractivity contribution in [2.75, 3.05) is 13.9 Å². The molecule has 3 aromatic rings. The van der Waals surface area contributed by atoms with Crippen LogP contribution in [0.25, 0.3) is 22.3 Å². The Morgan fingerprint density at radius 1 is 1.15 bits per heavy atom. The molecule has 1 aromatic carbocycles.